The summed E-state index contributed by atoms with van der Waals surface area (Å²) in [5.74, 6) is 1.84. The molecule has 8 heteroatoms. The lowest BCUT2D eigenvalue weighted by Gasteiger charge is -2.36. The zero-order valence-electron chi connectivity index (χ0n) is 16.5. The minimum absolute atomic E-state index is 0.711. The summed E-state index contributed by atoms with van der Waals surface area (Å²) < 4.78 is 11.0. The van der Waals surface area contributed by atoms with E-state index in [1.54, 1.807) is 13.4 Å². The Kier molecular flexibility index (Phi) is 5.14. The van der Waals surface area contributed by atoms with Crippen LogP contribution in [0.4, 0.5) is 11.5 Å². The zero-order chi connectivity index (χ0) is 20.5. The topological polar surface area (TPSA) is 54.4 Å². The van der Waals surface area contributed by atoms with Crippen molar-refractivity contribution >= 4 is 44.9 Å². The summed E-state index contributed by atoms with van der Waals surface area (Å²) in [5, 5.41) is 0.711. The van der Waals surface area contributed by atoms with Crippen molar-refractivity contribution in [1.82, 2.24) is 14.3 Å². The number of methoxy groups -OCH3 is 1. The minimum atomic E-state index is 0.711. The Morgan fingerprint density at radius 2 is 1.60 bits per heavy atom. The molecule has 2 aromatic carbocycles. The second-order valence-corrected chi connectivity index (χ2v) is 8.30. The summed E-state index contributed by atoms with van der Waals surface area (Å²) in [5.41, 5.74) is 4.00. The van der Waals surface area contributed by atoms with Gasteiger partial charge in [-0.1, -0.05) is 23.7 Å². The highest BCUT2D eigenvalue weighted by atomic mass is 35.5. The molecule has 0 spiro atoms. The highest BCUT2D eigenvalue weighted by Gasteiger charge is 2.22. The van der Waals surface area contributed by atoms with Gasteiger partial charge in [0.25, 0.3) is 0 Å². The van der Waals surface area contributed by atoms with E-state index in [0.717, 1.165) is 59.2 Å². The molecule has 1 aliphatic rings. The number of aromatic nitrogens is 3. The number of nitrogens with zero attached hydrogens (tertiary/aromatic N) is 5. The number of anilines is 2. The lowest BCUT2D eigenvalue weighted by atomic mass is 10.1. The van der Waals surface area contributed by atoms with Crippen LogP contribution in [0.25, 0.3) is 21.5 Å². The van der Waals surface area contributed by atoms with Crippen LogP contribution in [0.2, 0.25) is 5.02 Å². The van der Waals surface area contributed by atoms with Crippen molar-refractivity contribution in [1.29, 1.82) is 0 Å². The van der Waals surface area contributed by atoms with E-state index < -0.39 is 0 Å². The number of ether oxygens (including phenoxy) is 1. The van der Waals surface area contributed by atoms with E-state index in [0.29, 0.717) is 5.02 Å². The Morgan fingerprint density at radius 3 is 2.30 bits per heavy atom. The van der Waals surface area contributed by atoms with Crippen molar-refractivity contribution in [2.75, 3.05) is 43.1 Å². The van der Waals surface area contributed by atoms with Gasteiger partial charge in [-0.25, -0.2) is 9.97 Å². The molecule has 0 unspecified atom stereocenters. The van der Waals surface area contributed by atoms with Crippen LogP contribution in [-0.2, 0) is 0 Å². The molecule has 0 saturated carbocycles. The zero-order valence-corrected chi connectivity index (χ0v) is 18.0. The number of fused-ring (bicyclic) bond motifs is 1. The van der Waals surface area contributed by atoms with Crippen LogP contribution >= 0.6 is 23.1 Å². The van der Waals surface area contributed by atoms with Crippen molar-refractivity contribution in [3.63, 3.8) is 0 Å². The predicted octanol–water partition coefficient (Wildman–Crippen LogP) is 4.74. The van der Waals surface area contributed by atoms with Crippen molar-refractivity contribution in [2.24, 2.45) is 0 Å². The summed E-state index contributed by atoms with van der Waals surface area (Å²) in [7, 11) is 1.69. The van der Waals surface area contributed by atoms with E-state index in [9.17, 15) is 0 Å². The van der Waals surface area contributed by atoms with Gasteiger partial charge in [-0.05, 0) is 47.9 Å². The smallest absolute Gasteiger partial charge is 0.151 e. The van der Waals surface area contributed by atoms with Gasteiger partial charge >= 0.3 is 0 Å². The molecule has 30 heavy (non-hydrogen) atoms. The van der Waals surface area contributed by atoms with Gasteiger partial charge in [0, 0.05) is 42.5 Å². The highest BCUT2D eigenvalue weighted by Crippen LogP contribution is 2.35. The largest absolute Gasteiger partial charge is 0.497 e. The van der Waals surface area contributed by atoms with Gasteiger partial charge in [-0.2, -0.15) is 4.37 Å². The molecule has 1 aliphatic heterocycles. The third-order valence-corrected chi connectivity index (χ3v) is 6.46. The Morgan fingerprint density at radius 1 is 0.900 bits per heavy atom. The van der Waals surface area contributed by atoms with E-state index in [-0.39, 0.29) is 0 Å². The number of piperazine rings is 1. The molecule has 2 aromatic heterocycles. The van der Waals surface area contributed by atoms with Crippen LogP contribution < -0.4 is 14.5 Å². The summed E-state index contributed by atoms with van der Waals surface area (Å²) in [6.45, 7) is 3.65. The van der Waals surface area contributed by atoms with Crippen molar-refractivity contribution in [2.45, 2.75) is 0 Å². The van der Waals surface area contributed by atoms with E-state index in [2.05, 4.69) is 36.3 Å². The molecule has 0 bridgehead atoms. The van der Waals surface area contributed by atoms with Crippen LogP contribution in [0.5, 0.6) is 5.75 Å². The van der Waals surface area contributed by atoms with Crippen molar-refractivity contribution in [3.8, 4) is 17.0 Å². The average Bonchev–Trinajstić information content (AvgIpc) is 3.24. The fraction of sp³-hybridized carbons (Fsp3) is 0.227. The van der Waals surface area contributed by atoms with Crippen molar-refractivity contribution in [3.05, 3.63) is 59.9 Å². The highest BCUT2D eigenvalue weighted by molar-refractivity contribution is 7.14. The van der Waals surface area contributed by atoms with Crippen LogP contribution in [0.15, 0.2) is 54.9 Å². The fourth-order valence-electron chi connectivity index (χ4n) is 3.74. The number of rotatable bonds is 4. The summed E-state index contributed by atoms with van der Waals surface area (Å²) >= 11 is 7.49. The number of benzene rings is 2. The van der Waals surface area contributed by atoms with E-state index in [1.165, 1.54) is 17.2 Å². The van der Waals surface area contributed by atoms with Gasteiger partial charge in [0.1, 0.15) is 28.0 Å². The van der Waals surface area contributed by atoms with E-state index in [1.807, 2.05) is 36.4 Å². The van der Waals surface area contributed by atoms with Crippen LogP contribution in [-0.4, -0.2) is 47.6 Å². The summed E-state index contributed by atoms with van der Waals surface area (Å²) in [6, 6.07) is 15.9. The van der Waals surface area contributed by atoms with Crippen molar-refractivity contribution < 1.29 is 4.74 Å². The van der Waals surface area contributed by atoms with Gasteiger partial charge in [0.2, 0.25) is 0 Å². The molecule has 5 rings (SSSR count). The Labute approximate surface area is 183 Å². The molecule has 0 amide bonds. The standard InChI is InChI=1S/C22H20ClN5OS/c1-29-18-8-6-17(7-9-18)27-10-12-28(13-11-27)22-21-20(24-14-25-22)19(26-30-21)15-2-4-16(23)5-3-15/h2-9,14H,10-13H2,1H3. The Balaban J connectivity index is 1.37. The maximum atomic E-state index is 6.03. The molecular formula is C22H20ClN5OS. The number of halogens is 1. The van der Waals surface area contributed by atoms with Crippen LogP contribution in [0, 0.1) is 0 Å². The van der Waals surface area contributed by atoms with Crippen LogP contribution in [0.3, 0.4) is 0 Å². The SMILES string of the molecule is COc1ccc(N2CCN(c3ncnc4c(-c5ccc(Cl)cc5)nsc34)CC2)cc1. The molecule has 0 aliphatic carbocycles. The lowest BCUT2D eigenvalue weighted by molar-refractivity contribution is 0.415. The average molecular weight is 438 g/mol. The first-order valence-electron chi connectivity index (χ1n) is 9.73. The molecule has 0 atom stereocenters. The van der Waals surface area contributed by atoms with Gasteiger partial charge in [-0.3, -0.25) is 0 Å². The first-order valence-corrected chi connectivity index (χ1v) is 10.9. The lowest BCUT2D eigenvalue weighted by Crippen LogP contribution is -2.46. The quantitative estimate of drug-likeness (QED) is 0.459. The molecule has 6 nitrogen and oxygen atoms in total. The van der Waals surface area contributed by atoms with Gasteiger partial charge in [0.05, 0.1) is 7.11 Å². The Bertz CT molecular complexity index is 1150. The van der Waals surface area contributed by atoms with Gasteiger partial charge < -0.3 is 14.5 Å². The normalized spacial score (nSPS) is 14.3. The third-order valence-electron chi connectivity index (χ3n) is 5.37. The molecule has 4 aromatic rings. The fourth-order valence-corrected chi connectivity index (χ4v) is 4.74. The van der Waals surface area contributed by atoms with E-state index >= 15 is 0 Å². The maximum absolute atomic E-state index is 6.03. The van der Waals surface area contributed by atoms with E-state index in [4.69, 9.17) is 16.3 Å². The molecule has 0 radical (unpaired) electrons. The predicted molar refractivity (Wildman–Crippen MR) is 123 cm³/mol. The van der Waals surface area contributed by atoms with Gasteiger partial charge in [0.15, 0.2) is 5.82 Å². The molecule has 152 valence electrons. The van der Waals surface area contributed by atoms with Crippen LogP contribution in [0.1, 0.15) is 0 Å². The molecule has 1 saturated heterocycles. The van der Waals surface area contributed by atoms with Gasteiger partial charge in [-0.15, -0.1) is 0 Å². The Hall–Kier alpha value is -2.90. The molecular weight excluding hydrogens is 418 g/mol. The number of hydrogen-bond acceptors (Lipinski definition) is 7. The second kappa shape index (κ2) is 8.08. The maximum Gasteiger partial charge on any atom is 0.151 e. The first-order chi connectivity index (χ1) is 14.7. The minimum Gasteiger partial charge on any atom is -0.497 e. The second-order valence-electron chi connectivity index (χ2n) is 7.09. The number of hydrogen-bond donors (Lipinski definition) is 0. The summed E-state index contributed by atoms with van der Waals surface area (Å²) in [4.78, 5) is 13.8. The first kappa shape index (κ1) is 19.1. The molecule has 1 fully saturated rings. The monoisotopic (exact) mass is 437 g/mol. The molecule has 3 heterocycles. The molecule has 0 N–H and O–H groups in total. The summed E-state index contributed by atoms with van der Waals surface area (Å²) in [6.07, 6.45) is 1.64. The third kappa shape index (κ3) is 3.55.